The molecule has 6 aromatic carbocycles. The zero-order chi connectivity index (χ0) is 64.7. The van der Waals surface area contributed by atoms with Crippen molar-refractivity contribution in [3.63, 3.8) is 0 Å². The SMILES string of the molecule is C/C=C\COc1ccc(C)c(F)c1F.C/C=C\COc1ccc(C)c(F)c1F.C=CCOc1ccc(C)c(F)c1F.CC/C=C\COc1ccc(C)c(F)c1F.CC/C=C\COc1ccc(C)c(F)c1F.CC/C=C\COc1ccc(C)c(F)c1F. The highest BCUT2D eigenvalue weighted by Crippen LogP contribution is 2.27. The van der Waals surface area contributed by atoms with Gasteiger partial charge < -0.3 is 28.4 Å². The summed E-state index contributed by atoms with van der Waals surface area (Å²) in [7, 11) is 0. The highest BCUT2D eigenvalue weighted by Gasteiger charge is 2.16. The number of rotatable bonds is 21. The average Bonchev–Trinajstić information content (AvgIpc) is 3.61. The molecule has 0 atom stereocenters. The van der Waals surface area contributed by atoms with Crippen molar-refractivity contribution in [2.24, 2.45) is 0 Å². The summed E-state index contributed by atoms with van der Waals surface area (Å²) < 4.78 is 188. The first-order valence-corrected chi connectivity index (χ1v) is 27.2. The molecule has 0 fully saturated rings. The van der Waals surface area contributed by atoms with Crippen LogP contribution in [-0.4, -0.2) is 39.6 Å². The summed E-state index contributed by atoms with van der Waals surface area (Å²) in [6.45, 7) is 23.5. The van der Waals surface area contributed by atoms with Gasteiger partial charge in [-0.15, -0.1) is 0 Å². The number of allylic oxidation sites excluding steroid dienone is 5. The number of halogens is 12. The molecule has 468 valence electrons. The fourth-order valence-corrected chi connectivity index (χ4v) is 6.17. The minimum Gasteiger partial charge on any atom is -0.486 e. The van der Waals surface area contributed by atoms with Gasteiger partial charge in [-0.2, -0.15) is 26.3 Å². The lowest BCUT2D eigenvalue weighted by molar-refractivity contribution is 0.331. The number of hydrogen-bond acceptors (Lipinski definition) is 6. The Balaban J connectivity index is 0.000000516. The van der Waals surface area contributed by atoms with Crippen molar-refractivity contribution in [2.45, 2.75) is 95.4 Å². The summed E-state index contributed by atoms with van der Waals surface area (Å²) in [6, 6.07) is 17.5. The Hall–Kier alpha value is -8.28. The standard InChI is InChI=1S/3C12H14F2O.2C11H12F2O.C10H10F2O/c3*1-3-4-5-8-15-10-7-6-9(2)11(13)12(10)14;2*1-3-4-7-14-9-6-5-8(2)10(12)11(9)13;1-3-6-13-8-5-4-7(2)9(11)10(8)12/h3*4-7H,3,8H2,1-2H3;2*3-6H,7H2,1-2H3;3-5H,1,6H2,2H3/b3*5-4-;2*4-3-;. The smallest absolute Gasteiger partial charge is 0.200 e. The van der Waals surface area contributed by atoms with Gasteiger partial charge in [0, 0.05) is 0 Å². The second kappa shape index (κ2) is 42.5. The van der Waals surface area contributed by atoms with Crippen molar-refractivity contribution in [1.82, 2.24) is 0 Å². The molecule has 6 nitrogen and oxygen atoms in total. The van der Waals surface area contributed by atoms with Crippen molar-refractivity contribution in [3.8, 4) is 34.5 Å². The van der Waals surface area contributed by atoms with E-state index in [2.05, 4.69) is 6.58 Å². The molecule has 6 rings (SSSR count). The van der Waals surface area contributed by atoms with Crippen LogP contribution in [0.5, 0.6) is 34.5 Å². The molecule has 0 spiro atoms. The molecule has 0 N–H and O–H groups in total. The first kappa shape index (κ1) is 75.7. The molecule has 0 heterocycles. The third kappa shape index (κ3) is 26.7. The predicted octanol–water partition coefficient (Wildman–Crippen LogP) is 20.1. The Bertz CT molecular complexity index is 2930. The Morgan fingerprint density at radius 1 is 0.267 bits per heavy atom. The molecule has 0 aliphatic rings. The van der Waals surface area contributed by atoms with E-state index in [1.54, 1.807) is 42.5 Å². The van der Waals surface area contributed by atoms with E-state index >= 15 is 0 Å². The second-order valence-corrected chi connectivity index (χ2v) is 18.0. The summed E-state index contributed by atoms with van der Waals surface area (Å²) >= 11 is 0. The van der Waals surface area contributed by atoms with Crippen LogP contribution in [0.2, 0.25) is 0 Å². The van der Waals surface area contributed by atoms with Gasteiger partial charge in [-0.1, -0.05) is 131 Å². The molecule has 0 aliphatic carbocycles. The quantitative estimate of drug-likeness (QED) is 0.0529. The van der Waals surface area contributed by atoms with Crippen LogP contribution in [0, 0.1) is 111 Å². The zero-order valence-electron chi connectivity index (χ0n) is 50.3. The molecular formula is C68H76F12O6. The van der Waals surface area contributed by atoms with Crippen LogP contribution in [-0.2, 0) is 0 Å². The van der Waals surface area contributed by atoms with Gasteiger partial charge in [-0.3, -0.25) is 0 Å². The van der Waals surface area contributed by atoms with Gasteiger partial charge in [-0.25, -0.2) is 26.3 Å². The van der Waals surface area contributed by atoms with Gasteiger partial charge in [-0.05, 0) is 144 Å². The Kier molecular flexibility index (Phi) is 37.4. The fraction of sp³-hybridized carbons (Fsp3) is 0.294. The maximum absolute atomic E-state index is 13.2. The molecule has 18 heteroatoms. The average molecular weight is 1220 g/mol. The van der Waals surface area contributed by atoms with E-state index in [0.717, 1.165) is 19.3 Å². The molecule has 0 amide bonds. The van der Waals surface area contributed by atoms with E-state index in [-0.39, 0.29) is 108 Å². The van der Waals surface area contributed by atoms with Crippen LogP contribution in [0.15, 0.2) is 146 Å². The lowest BCUT2D eigenvalue weighted by atomic mass is 10.2. The lowest BCUT2D eigenvalue weighted by Gasteiger charge is -2.06. The monoisotopic (exact) mass is 1220 g/mol. The lowest BCUT2D eigenvalue weighted by Crippen LogP contribution is -1.99. The third-order valence-electron chi connectivity index (χ3n) is 11.2. The van der Waals surface area contributed by atoms with Gasteiger partial charge in [0.1, 0.15) is 39.6 Å². The maximum atomic E-state index is 13.2. The minimum atomic E-state index is -0.943. The predicted molar refractivity (Wildman–Crippen MR) is 318 cm³/mol. The molecule has 0 aromatic heterocycles. The Morgan fingerprint density at radius 3 is 0.605 bits per heavy atom. The van der Waals surface area contributed by atoms with Crippen LogP contribution in [0.25, 0.3) is 0 Å². The molecule has 0 aliphatic heterocycles. The van der Waals surface area contributed by atoms with Gasteiger partial charge >= 0.3 is 0 Å². The van der Waals surface area contributed by atoms with Crippen molar-refractivity contribution >= 4 is 0 Å². The van der Waals surface area contributed by atoms with E-state index in [1.165, 1.54) is 120 Å². The van der Waals surface area contributed by atoms with E-state index in [0.29, 0.717) is 0 Å². The van der Waals surface area contributed by atoms with Crippen LogP contribution >= 0.6 is 0 Å². The van der Waals surface area contributed by atoms with E-state index < -0.39 is 69.8 Å². The first-order chi connectivity index (χ1) is 41.0. The van der Waals surface area contributed by atoms with Crippen molar-refractivity contribution < 1.29 is 81.1 Å². The maximum Gasteiger partial charge on any atom is 0.200 e. The summed E-state index contributed by atoms with van der Waals surface area (Å²) in [5.74, 6) is -10.9. The van der Waals surface area contributed by atoms with Gasteiger partial charge in [0.05, 0.1) is 0 Å². The second-order valence-electron chi connectivity index (χ2n) is 18.0. The molecule has 0 bridgehead atoms. The van der Waals surface area contributed by atoms with E-state index in [1.807, 2.05) is 52.8 Å². The Morgan fingerprint density at radius 2 is 0.442 bits per heavy atom. The van der Waals surface area contributed by atoms with Gasteiger partial charge in [0.2, 0.25) is 34.9 Å². The number of aryl methyl sites for hydroxylation is 6. The minimum absolute atomic E-state index is 0.0427. The molecule has 0 saturated heterocycles. The largest absolute Gasteiger partial charge is 0.486 e. The first-order valence-electron chi connectivity index (χ1n) is 27.2. The number of benzene rings is 6. The van der Waals surface area contributed by atoms with Gasteiger partial charge in [0.25, 0.3) is 0 Å². The molecule has 86 heavy (non-hydrogen) atoms. The summed E-state index contributed by atoms with van der Waals surface area (Å²) in [5.41, 5.74) is 1.67. The molecule has 0 saturated carbocycles. The molecule has 0 unspecified atom stereocenters. The van der Waals surface area contributed by atoms with Crippen LogP contribution in [0.4, 0.5) is 52.7 Å². The van der Waals surface area contributed by atoms with Crippen LogP contribution in [0.1, 0.15) is 87.3 Å². The van der Waals surface area contributed by atoms with Crippen LogP contribution in [0.3, 0.4) is 0 Å². The number of ether oxygens (including phenoxy) is 6. The summed E-state index contributed by atoms with van der Waals surface area (Å²) in [5, 5.41) is 0. The molecule has 0 radical (unpaired) electrons. The Labute approximate surface area is 498 Å². The molecule has 6 aromatic rings. The normalized spacial score (nSPS) is 10.7. The van der Waals surface area contributed by atoms with Crippen LogP contribution < -0.4 is 28.4 Å². The summed E-state index contributed by atoms with van der Waals surface area (Å²) in [6.07, 6.45) is 22.2. The van der Waals surface area contributed by atoms with Gasteiger partial charge in [0.15, 0.2) is 69.4 Å². The van der Waals surface area contributed by atoms with Crippen molar-refractivity contribution in [2.75, 3.05) is 39.6 Å². The van der Waals surface area contributed by atoms with Crippen molar-refractivity contribution in [3.05, 3.63) is 249 Å². The summed E-state index contributed by atoms with van der Waals surface area (Å²) in [4.78, 5) is 0. The molecular weight excluding hydrogens is 1140 g/mol. The highest BCUT2D eigenvalue weighted by atomic mass is 19.2. The topological polar surface area (TPSA) is 55.4 Å². The highest BCUT2D eigenvalue weighted by molar-refractivity contribution is 5.34. The van der Waals surface area contributed by atoms with E-state index in [9.17, 15) is 52.7 Å². The van der Waals surface area contributed by atoms with Crippen molar-refractivity contribution in [1.29, 1.82) is 0 Å². The third-order valence-corrected chi connectivity index (χ3v) is 11.2. The number of hydrogen-bond donors (Lipinski definition) is 0. The fourth-order valence-electron chi connectivity index (χ4n) is 6.17. The van der Waals surface area contributed by atoms with E-state index in [4.69, 9.17) is 28.4 Å². The zero-order valence-corrected chi connectivity index (χ0v) is 50.3.